The van der Waals surface area contributed by atoms with Crippen LogP contribution in [-0.2, 0) is 0 Å². The number of unbranched alkanes of at least 4 members (excludes halogenated alkanes) is 2. The zero-order chi connectivity index (χ0) is 12.7. The molecule has 0 aliphatic heterocycles. The molecule has 94 valence electrons. The van der Waals surface area contributed by atoms with Gasteiger partial charge >= 0.3 is 0 Å². The fourth-order valence-electron chi connectivity index (χ4n) is 1.40. The van der Waals surface area contributed by atoms with Crippen LogP contribution in [0.2, 0.25) is 5.02 Å². The first-order valence-corrected chi connectivity index (χ1v) is 5.90. The van der Waals surface area contributed by atoms with Crippen molar-refractivity contribution in [1.82, 2.24) is 5.32 Å². The Hall–Kier alpha value is -1.26. The van der Waals surface area contributed by atoms with Gasteiger partial charge in [0.25, 0.3) is 5.91 Å². The number of carbonyl (C=O) groups excluding carboxylic acids is 1. The molecule has 0 aromatic heterocycles. The Morgan fingerprint density at radius 2 is 2.06 bits per heavy atom. The van der Waals surface area contributed by atoms with Crippen molar-refractivity contribution in [2.45, 2.75) is 19.3 Å². The van der Waals surface area contributed by atoms with Gasteiger partial charge in [0.15, 0.2) is 0 Å². The fourth-order valence-corrected chi connectivity index (χ4v) is 1.57. The summed E-state index contributed by atoms with van der Waals surface area (Å²) >= 11 is 5.74. The number of nitrogens with one attached hydrogen (secondary N) is 1. The molecule has 0 atom stereocenters. The van der Waals surface area contributed by atoms with Crippen molar-refractivity contribution >= 4 is 17.5 Å². The molecule has 0 saturated heterocycles. The lowest BCUT2D eigenvalue weighted by molar-refractivity contribution is 0.0950. The van der Waals surface area contributed by atoms with E-state index in [1.54, 1.807) is 0 Å². The molecule has 0 fully saturated rings. The van der Waals surface area contributed by atoms with E-state index in [1.807, 2.05) is 0 Å². The molecule has 0 unspecified atom stereocenters. The van der Waals surface area contributed by atoms with Gasteiger partial charge < -0.3 is 15.5 Å². The van der Waals surface area contributed by atoms with Gasteiger partial charge in [-0.2, -0.15) is 0 Å². The minimum absolute atomic E-state index is 0.0812. The van der Waals surface area contributed by atoms with Gasteiger partial charge in [-0.3, -0.25) is 4.79 Å². The molecule has 0 saturated carbocycles. The quantitative estimate of drug-likeness (QED) is 0.682. The second kappa shape index (κ2) is 7.14. The van der Waals surface area contributed by atoms with E-state index in [0.29, 0.717) is 11.6 Å². The Labute approximate surface area is 105 Å². The molecule has 1 rings (SSSR count). The number of rotatable bonds is 6. The molecule has 0 aliphatic carbocycles. The second-order valence-electron chi connectivity index (χ2n) is 3.70. The average Bonchev–Trinajstić information content (AvgIpc) is 2.32. The van der Waals surface area contributed by atoms with E-state index in [-0.39, 0.29) is 23.8 Å². The highest BCUT2D eigenvalue weighted by molar-refractivity contribution is 6.31. The highest BCUT2D eigenvalue weighted by atomic mass is 35.5. The third kappa shape index (κ3) is 4.63. The van der Waals surface area contributed by atoms with E-state index in [1.165, 1.54) is 18.2 Å². The standard InChI is InChI=1S/C12H16ClNO3/c13-9-4-5-11(16)10(8-9)12(17)14-6-2-1-3-7-15/h4-5,8,15-16H,1-3,6-7H2,(H,14,17). The van der Waals surface area contributed by atoms with Crippen LogP contribution in [0.3, 0.4) is 0 Å². The SMILES string of the molecule is O=C(NCCCCCO)c1cc(Cl)ccc1O. The molecule has 1 aromatic carbocycles. The largest absolute Gasteiger partial charge is 0.507 e. The fraction of sp³-hybridized carbons (Fsp3) is 0.417. The highest BCUT2D eigenvalue weighted by Gasteiger charge is 2.10. The summed E-state index contributed by atoms with van der Waals surface area (Å²) in [7, 11) is 0. The van der Waals surface area contributed by atoms with Gasteiger partial charge in [0.2, 0.25) is 0 Å². The maximum Gasteiger partial charge on any atom is 0.255 e. The van der Waals surface area contributed by atoms with Crippen LogP contribution in [0.5, 0.6) is 5.75 Å². The van der Waals surface area contributed by atoms with Gasteiger partial charge in [-0.25, -0.2) is 0 Å². The third-order valence-corrected chi connectivity index (χ3v) is 2.56. The summed E-state index contributed by atoms with van der Waals surface area (Å²) in [5.41, 5.74) is 0.180. The normalized spacial score (nSPS) is 10.2. The topological polar surface area (TPSA) is 69.6 Å². The first kappa shape index (κ1) is 13.8. The van der Waals surface area contributed by atoms with Crippen LogP contribution in [0.4, 0.5) is 0 Å². The first-order chi connectivity index (χ1) is 8.15. The van der Waals surface area contributed by atoms with Gasteiger partial charge in [-0.15, -0.1) is 0 Å². The van der Waals surface area contributed by atoms with Gasteiger partial charge in [-0.05, 0) is 37.5 Å². The molecule has 4 nitrogen and oxygen atoms in total. The highest BCUT2D eigenvalue weighted by Crippen LogP contribution is 2.21. The summed E-state index contributed by atoms with van der Waals surface area (Å²) in [6.07, 6.45) is 2.39. The molecule has 0 bridgehead atoms. The van der Waals surface area contributed by atoms with Crippen LogP contribution in [0, 0.1) is 0 Å². The van der Waals surface area contributed by atoms with Crippen LogP contribution in [0.1, 0.15) is 29.6 Å². The minimum Gasteiger partial charge on any atom is -0.507 e. The van der Waals surface area contributed by atoms with Crippen LogP contribution in [0.15, 0.2) is 18.2 Å². The van der Waals surface area contributed by atoms with Crippen molar-refractivity contribution in [3.8, 4) is 5.75 Å². The van der Waals surface area contributed by atoms with Crippen molar-refractivity contribution in [2.24, 2.45) is 0 Å². The van der Waals surface area contributed by atoms with Crippen LogP contribution < -0.4 is 5.32 Å². The number of aromatic hydroxyl groups is 1. The predicted octanol–water partition coefficient (Wildman–Crippen LogP) is 1.94. The van der Waals surface area contributed by atoms with E-state index in [9.17, 15) is 9.90 Å². The predicted molar refractivity (Wildman–Crippen MR) is 66.4 cm³/mol. The van der Waals surface area contributed by atoms with Crippen LogP contribution in [-0.4, -0.2) is 29.3 Å². The van der Waals surface area contributed by atoms with E-state index < -0.39 is 0 Å². The third-order valence-electron chi connectivity index (χ3n) is 2.32. The lowest BCUT2D eigenvalue weighted by Crippen LogP contribution is -2.24. The second-order valence-corrected chi connectivity index (χ2v) is 4.14. The molecule has 0 aliphatic rings. The molecular formula is C12H16ClNO3. The monoisotopic (exact) mass is 257 g/mol. The summed E-state index contributed by atoms with van der Waals surface area (Å²) in [6.45, 7) is 0.688. The van der Waals surface area contributed by atoms with Crippen molar-refractivity contribution in [3.63, 3.8) is 0 Å². The van der Waals surface area contributed by atoms with Crippen molar-refractivity contribution < 1.29 is 15.0 Å². The number of hydrogen-bond donors (Lipinski definition) is 3. The summed E-state index contributed by atoms with van der Waals surface area (Å²) in [5.74, 6) is -0.420. The number of aliphatic hydroxyl groups excluding tert-OH is 1. The number of phenols is 1. The van der Waals surface area contributed by atoms with Gasteiger partial charge in [-0.1, -0.05) is 11.6 Å². The maximum absolute atomic E-state index is 11.7. The number of carbonyl (C=O) groups is 1. The number of phenolic OH excluding ortho intramolecular Hbond substituents is 1. The zero-order valence-electron chi connectivity index (χ0n) is 9.45. The molecule has 0 spiro atoms. The molecule has 0 heterocycles. The van der Waals surface area contributed by atoms with E-state index in [4.69, 9.17) is 16.7 Å². The molecule has 17 heavy (non-hydrogen) atoms. The number of benzene rings is 1. The molecule has 0 radical (unpaired) electrons. The number of aliphatic hydroxyl groups is 1. The number of hydrogen-bond acceptors (Lipinski definition) is 3. The van der Waals surface area contributed by atoms with Gasteiger partial charge in [0.1, 0.15) is 5.75 Å². The summed E-state index contributed by atoms with van der Waals surface area (Å²) in [6, 6.07) is 4.35. The van der Waals surface area contributed by atoms with Crippen LogP contribution in [0.25, 0.3) is 0 Å². The Morgan fingerprint density at radius 1 is 1.29 bits per heavy atom. The smallest absolute Gasteiger partial charge is 0.255 e. The lowest BCUT2D eigenvalue weighted by atomic mass is 10.2. The van der Waals surface area contributed by atoms with E-state index in [0.717, 1.165) is 19.3 Å². The first-order valence-electron chi connectivity index (χ1n) is 5.52. The molecule has 5 heteroatoms. The molecular weight excluding hydrogens is 242 g/mol. The Kier molecular flexibility index (Phi) is 5.80. The van der Waals surface area contributed by atoms with E-state index in [2.05, 4.69) is 5.32 Å². The molecule has 3 N–H and O–H groups in total. The van der Waals surface area contributed by atoms with Crippen LogP contribution >= 0.6 is 11.6 Å². The Bertz CT molecular complexity index is 382. The van der Waals surface area contributed by atoms with Gasteiger partial charge in [0.05, 0.1) is 5.56 Å². The van der Waals surface area contributed by atoms with Crippen molar-refractivity contribution in [1.29, 1.82) is 0 Å². The van der Waals surface area contributed by atoms with E-state index >= 15 is 0 Å². The summed E-state index contributed by atoms with van der Waals surface area (Å²) in [5, 5.41) is 21.2. The van der Waals surface area contributed by atoms with Gasteiger partial charge in [0, 0.05) is 18.2 Å². The maximum atomic E-state index is 11.7. The average molecular weight is 258 g/mol. The number of amides is 1. The summed E-state index contributed by atoms with van der Waals surface area (Å²) < 4.78 is 0. The Balaban J connectivity index is 2.44. The zero-order valence-corrected chi connectivity index (χ0v) is 10.2. The van der Waals surface area contributed by atoms with Crippen molar-refractivity contribution in [3.05, 3.63) is 28.8 Å². The number of halogens is 1. The van der Waals surface area contributed by atoms with Crippen molar-refractivity contribution in [2.75, 3.05) is 13.2 Å². The Morgan fingerprint density at radius 3 is 2.76 bits per heavy atom. The molecule has 1 amide bonds. The minimum atomic E-state index is -0.339. The molecule has 1 aromatic rings. The lowest BCUT2D eigenvalue weighted by Gasteiger charge is -2.06. The summed E-state index contributed by atoms with van der Waals surface area (Å²) in [4.78, 5) is 11.7.